The van der Waals surface area contributed by atoms with Gasteiger partial charge >= 0.3 is 0 Å². The molecule has 0 N–H and O–H groups in total. The van der Waals surface area contributed by atoms with Gasteiger partial charge in [0.25, 0.3) is 5.97 Å². The Morgan fingerprint density at radius 2 is 1.73 bits per heavy atom. The fraction of sp³-hybridized carbons (Fsp3) is 1.00. The molecule has 0 spiro atoms. The third kappa shape index (κ3) is 2.15. The lowest BCUT2D eigenvalue weighted by Gasteiger charge is -2.38. The van der Waals surface area contributed by atoms with Crippen LogP contribution in [-0.2, 0) is 14.2 Å². The van der Waals surface area contributed by atoms with Crippen molar-refractivity contribution in [3.05, 3.63) is 0 Å². The summed E-state index contributed by atoms with van der Waals surface area (Å²) in [5.74, 6) is -0.836. The van der Waals surface area contributed by atoms with Crippen molar-refractivity contribution in [2.45, 2.75) is 45.4 Å². The molecule has 0 aliphatic carbocycles. The van der Waals surface area contributed by atoms with Crippen LogP contribution in [0.2, 0.25) is 0 Å². The SMILES string of the molecule is COC1(C)O[C@H](C)C[C@@H](C)O1. The molecule has 0 saturated carbocycles. The first-order chi connectivity index (χ1) is 5.06. The molecule has 0 aromatic rings. The number of hydrogen-bond donors (Lipinski definition) is 0. The predicted molar refractivity (Wildman–Crippen MR) is 41.1 cm³/mol. The van der Waals surface area contributed by atoms with Crippen LogP contribution in [0.4, 0.5) is 0 Å². The van der Waals surface area contributed by atoms with Gasteiger partial charge in [-0.15, -0.1) is 0 Å². The Balaban J connectivity index is 2.55. The van der Waals surface area contributed by atoms with Gasteiger partial charge in [0.1, 0.15) is 0 Å². The lowest BCUT2D eigenvalue weighted by atomic mass is 10.2. The van der Waals surface area contributed by atoms with Crippen molar-refractivity contribution in [1.29, 1.82) is 0 Å². The van der Waals surface area contributed by atoms with E-state index in [1.54, 1.807) is 14.0 Å². The largest absolute Gasteiger partial charge is 0.331 e. The fourth-order valence-corrected chi connectivity index (χ4v) is 1.42. The van der Waals surface area contributed by atoms with Gasteiger partial charge in [-0.05, 0) is 20.3 Å². The van der Waals surface area contributed by atoms with Crippen LogP contribution in [0.25, 0.3) is 0 Å². The standard InChI is InChI=1S/C8H16O3/c1-6-5-7(2)11-8(3,9-4)10-6/h6-7H,5H2,1-4H3/t6-,7-/m1/s1. The number of ether oxygens (including phenoxy) is 3. The van der Waals surface area contributed by atoms with E-state index in [0.717, 1.165) is 6.42 Å². The molecule has 1 aliphatic heterocycles. The summed E-state index contributed by atoms with van der Waals surface area (Å²) in [6.45, 7) is 5.84. The minimum Gasteiger partial charge on any atom is -0.331 e. The van der Waals surface area contributed by atoms with Gasteiger partial charge in [0.2, 0.25) is 0 Å². The van der Waals surface area contributed by atoms with E-state index < -0.39 is 5.97 Å². The van der Waals surface area contributed by atoms with Crippen molar-refractivity contribution >= 4 is 0 Å². The minimum absolute atomic E-state index is 0.212. The Morgan fingerprint density at radius 1 is 1.27 bits per heavy atom. The van der Waals surface area contributed by atoms with E-state index in [4.69, 9.17) is 14.2 Å². The second-order valence-corrected chi connectivity index (χ2v) is 3.16. The van der Waals surface area contributed by atoms with Crippen molar-refractivity contribution < 1.29 is 14.2 Å². The van der Waals surface area contributed by atoms with Crippen molar-refractivity contribution in [2.75, 3.05) is 7.11 Å². The average molecular weight is 160 g/mol. The van der Waals surface area contributed by atoms with Gasteiger partial charge in [-0.2, -0.15) is 0 Å². The van der Waals surface area contributed by atoms with Gasteiger partial charge in [-0.1, -0.05) is 0 Å². The first kappa shape index (κ1) is 8.97. The normalized spacial score (nSPS) is 45.8. The monoisotopic (exact) mass is 160 g/mol. The second kappa shape index (κ2) is 3.09. The van der Waals surface area contributed by atoms with Gasteiger partial charge in [-0.25, -0.2) is 0 Å². The van der Waals surface area contributed by atoms with E-state index in [0.29, 0.717) is 0 Å². The molecule has 1 fully saturated rings. The van der Waals surface area contributed by atoms with Gasteiger partial charge in [0.05, 0.1) is 12.2 Å². The summed E-state index contributed by atoms with van der Waals surface area (Å²) in [6.07, 6.45) is 1.35. The molecular formula is C8H16O3. The van der Waals surface area contributed by atoms with Crippen LogP contribution in [0.15, 0.2) is 0 Å². The first-order valence-corrected chi connectivity index (χ1v) is 3.96. The van der Waals surface area contributed by atoms with Crippen LogP contribution >= 0.6 is 0 Å². The smallest absolute Gasteiger partial charge is 0.280 e. The highest BCUT2D eigenvalue weighted by atomic mass is 16.9. The average Bonchev–Trinajstić information content (AvgIpc) is 1.84. The summed E-state index contributed by atoms with van der Waals surface area (Å²) in [6, 6.07) is 0. The molecule has 3 heteroatoms. The minimum atomic E-state index is -0.836. The molecule has 1 aliphatic rings. The number of hydrogen-bond acceptors (Lipinski definition) is 3. The van der Waals surface area contributed by atoms with E-state index in [2.05, 4.69) is 0 Å². The summed E-state index contributed by atoms with van der Waals surface area (Å²) in [7, 11) is 1.59. The summed E-state index contributed by atoms with van der Waals surface area (Å²) in [4.78, 5) is 0. The predicted octanol–water partition coefficient (Wildman–Crippen LogP) is 1.52. The van der Waals surface area contributed by atoms with Crippen LogP contribution < -0.4 is 0 Å². The summed E-state index contributed by atoms with van der Waals surface area (Å²) in [5, 5.41) is 0. The van der Waals surface area contributed by atoms with Gasteiger partial charge in [0, 0.05) is 14.0 Å². The fourth-order valence-electron chi connectivity index (χ4n) is 1.42. The lowest BCUT2D eigenvalue weighted by Crippen LogP contribution is -2.46. The van der Waals surface area contributed by atoms with E-state index in [9.17, 15) is 0 Å². The first-order valence-electron chi connectivity index (χ1n) is 3.96. The molecule has 66 valence electrons. The van der Waals surface area contributed by atoms with Crippen LogP contribution in [0.3, 0.4) is 0 Å². The molecule has 11 heavy (non-hydrogen) atoms. The molecule has 1 saturated heterocycles. The van der Waals surface area contributed by atoms with Crippen molar-refractivity contribution in [2.24, 2.45) is 0 Å². The maximum absolute atomic E-state index is 5.45. The molecule has 3 nitrogen and oxygen atoms in total. The highest BCUT2D eigenvalue weighted by Crippen LogP contribution is 2.26. The maximum Gasteiger partial charge on any atom is 0.280 e. The molecule has 0 aromatic carbocycles. The van der Waals surface area contributed by atoms with E-state index in [-0.39, 0.29) is 12.2 Å². The Morgan fingerprint density at radius 3 is 2.09 bits per heavy atom. The zero-order chi connectivity index (χ0) is 8.48. The van der Waals surface area contributed by atoms with Crippen molar-refractivity contribution in [1.82, 2.24) is 0 Å². The van der Waals surface area contributed by atoms with Crippen molar-refractivity contribution in [3.8, 4) is 0 Å². The van der Waals surface area contributed by atoms with Crippen molar-refractivity contribution in [3.63, 3.8) is 0 Å². The van der Waals surface area contributed by atoms with E-state index in [1.807, 2.05) is 13.8 Å². The summed E-state index contributed by atoms with van der Waals surface area (Å²) >= 11 is 0. The van der Waals surface area contributed by atoms with Gasteiger partial charge in [0.15, 0.2) is 0 Å². The Bertz CT molecular complexity index is 125. The van der Waals surface area contributed by atoms with Gasteiger partial charge in [-0.3, -0.25) is 0 Å². The highest BCUT2D eigenvalue weighted by molar-refractivity contribution is 4.67. The topological polar surface area (TPSA) is 27.7 Å². The summed E-state index contributed by atoms with van der Waals surface area (Å²) in [5.41, 5.74) is 0. The zero-order valence-corrected chi connectivity index (χ0v) is 7.59. The highest BCUT2D eigenvalue weighted by Gasteiger charge is 2.35. The molecular weight excluding hydrogens is 144 g/mol. The van der Waals surface area contributed by atoms with Gasteiger partial charge < -0.3 is 14.2 Å². The molecule has 0 radical (unpaired) electrons. The maximum atomic E-state index is 5.45. The Kier molecular flexibility index (Phi) is 2.52. The lowest BCUT2D eigenvalue weighted by molar-refractivity contribution is -0.410. The number of rotatable bonds is 1. The molecule has 0 unspecified atom stereocenters. The molecule has 1 rings (SSSR count). The second-order valence-electron chi connectivity index (χ2n) is 3.16. The van der Waals surface area contributed by atoms with Crippen LogP contribution in [-0.4, -0.2) is 25.3 Å². The van der Waals surface area contributed by atoms with Crippen LogP contribution in [0.1, 0.15) is 27.2 Å². The zero-order valence-electron chi connectivity index (χ0n) is 7.59. The van der Waals surface area contributed by atoms with E-state index >= 15 is 0 Å². The molecule has 0 bridgehead atoms. The molecule has 0 aromatic heterocycles. The molecule has 1 heterocycles. The van der Waals surface area contributed by atoms with Crippen LogP contribution in [0, 0.1) is 0 Å². The molecule has 0 amide bonds. The van der Waals surface area contributed by atoms with E-state index in [1.165, 1.54) is 0 Å². The third-order valence-corrected chi connectivity index (χ3v) is 1.87. The third-order valence-electron chi connectivity index (χ3n) is 1.87. The Hall–Kier alpha value is -0.120. The quantitative estimate of drug-likeness (QED) is 0.582. The summed E-state index contributed by atoms with van der Waals surface area (Å²) < 4.78 is 16.0. The Labute approximate surface area is 67.6 Å². The number of methoxy groups -OCH3 is 1. The van der Waals surface area contributed by atoms with Crippen LogP contribution in [0.5, 0.6) is 0 Å². The molecule has 2 atom stereocenters.